The van der Waals surface area contributed by atoms with Crippen LogP contribution in [0.25, 0.3) is 10.3 Å². The number of thiazole rings is 1. The van der Waals surface area contributed by atoms with Crippen LogP contribution in [0.5, 0.6) is 0 Å². The molecule has 0 bridgehead atoms. The zero-order valence-electron chi connectivity index (χ0n) is 17.6. The molecule has 0 saturated heterocycles. The monoisotopic (exact) mass is 477 g/mol. The number of allylic oxidation sites excluding steroid dienone is 1. The Morgan fingerprint density at radius 2 is 2.10 bits per heavy atom. The molecule has 3 aromatic rings. The van der Waals surface area contributed by atoms with Gasteiger partial charge in [0.05, 0.1) is 5.75 Å². The van der Waals surface area contributed by atoms with Gasteiger partial charge in [-0.1, -0.05) is 46.8 Å². The van der Waals surface area contributed by atoms with E-state index in [-0.39, 0.29) is 17.2 Å². The summed E-state index contributed by atoms with van der Waals surface area (Å²) in [4.78, 5) is 36.7. The van der Waals surface area contributed by atoms with E-state index in [2.05, 4.69) is 26.8 Å². The van der Waals surface area contributed by atoms with E-state index >= 15 is 0 Å². The number of amides is 1. The first kappa shape index (κ1) is 23.3. The number of fused-ring (bicyclic) bond motifs is 1. The van der Waals surface area contributed by atoms with Gasteiger partial charge in [0.2, 0.25) is 5.91 Å². The number of anilines is 2. The molecule has 0 spiro atoms. The van der Waals surface area contributed by atoms with Crippen LogP contribution in [0, 0.1) is 6.92 Å². The second-order valence-electron chi connectivity index (χ2n) is 6.72. The molecular weight excluding hydrogens is 454 g/mol. The molecule has 164 valence electrons. The van der Waals surface area contributed by atoms with Crippen LogP contribution in [0.15, 0.2) is 40.8 Å². The molecule has 0 radical (unpaired) electrons. The Morgan fingerprint density at radius 1 is 1.35 bits per heavy atom. The van der Waals surface area contributed by atoms with E-state index in [9.17, 15) is 9.59 Å². The topological polar surface area (TPSA) is 80.1 Å². The number of carbonyl (C=O) groups excluding carboxylic acids is 1. The first-order valence-corrected chi connectivity index (χ1v) is 12.0. The lowest BCUT2D eigenvalue weighted by Gasteiger charge is -2.15. The minimum absolute atomic E-state index is 0.0909. The number of nitrogens with one attached hydrogen (secondary N) is 1. The van der Waals surface area contributed by atoms with E-state index in [1.165, 1.54) is 27.7 Å². The number of aromatic nitrogens is 3. The predicted molar refractivity (Wildman–Crippen MR) is 131 cm³/mol. The maximum absolute atomic E-state index is 13.1. The second-order valence-corrected chi connectivity index (χ2v) is 9.05. The Kier molecular flexibility index (Phi) is 7.74. The highest BCUT2D eigenvalue weighted by atomic mass is 35.5. The lowest BCUT2D eigenvalue weighted by atomic mass is 10.2. The largest absolute Gasteiger partial charge is 0.349 e. The molecule has 0 atom stereocenters. The number of hydrogen-bond donors (Lipinski definition) is 1. The summed E-state index contributed by atoms with van der Waals surface area (Å²) in [6.45, 7) is 11.6. The van der Waals surface area contributed by atoms with Crippen LogP contribution in [0.4, 0.5) is 10.8 Å². The summed E-state index contributed by atoms with van der Waals surface area (Å²) in [6, 6.07) is 5.35. The Hall–Kier alpha value is -2.36. The number of rotatable bonds is 9. The van der Waals surface area contributed by atoms with Crippen molar-refractivity contribution in [2.45, 2.75) is 32.5 Å². The summed E-state index contributed by atoms with van der Waals surface area (Å²) in [6.07, 6.45) is 1.64. The van der Waals surface area contributed by atoms with Gasteiger partial charge in [-0.05, 0) is 38.5 Å². The third-order valence-electron chi connectivity index (χ3n) is 4.60. The number of carbonyl (C=O) groups is 1. The summed E-state index contributed by atoms with van der Waals surface area (Å²) in [7, 11) is 0. The van der Waals surface area contributed by atoms with Crippen molar-refractivity contribution in [3.63, 3.8) is 0 Å². The third kappa shape index (κ3) is 5.28. The minimum atomic E-state index is -0.216. The van der Waals surface area contributed by atoms with Crippen LogP contribution < -0.4 is 15.8 Å². The molecule has 7 nitrogen and oxygen atoms in total. The summed E-state index contributed by atoms with van der Waals surface area (Å²) in [5, 5.41) is 4.61. The molecule has 0 fully saturated rings. The molecule has 2 aromatic heterocycles. The molecular formula is C21H24ClN5O2S2. The fourth-order valence-corrected chi connectivity index (χ4v) is 4.96. The highest BCUT2D eigenvalue weighted by Crippen LogP contribution is 2.27. The van der Waals surface area contributed by atoms with Gasteiger partial charge in [0.1, 0.15) is 4.70 Å². The number of hydrogen-bond acceptors (Lipinski definition) is 7. The average molecular weight is 478 g/mol. The molecule has 31 heavy (non-hydrogen) atoms. The van der Waals surface area contributed by atoms with Gasteiger partial charge in [-0.3, -0.25) is 14.2 Å². The van der Waals surface area contributed by atoms with Gasteiger partial charge in [0.25, 0.3) is 5.56 Å². The molecule has 0 aliphatic heterocycles. The Bertz CT molecular complexity index is 1170. The molecule has 0 saturated carbocycles. The highest BCUT2D eigenvalue weighted by Gasteiger charge is 2.18. The summed E-state index contributed by atoms with van der Waals surface area (Å²) in [5.41, 5.74) is 1.79. The second kappa shape index (κ2) is 10.3. The Balaban J connectivity index is 1.85. The Morgan fingerprint density at radius 3 is 2.74 bits per heavy atom. The zero-order chi connectivity index (χ0) is 22.5. The summed E-state index contributed by atoms with van der Waals surface area (Å²) >= 11 is 8.65. The van der Waals surface area contributed by atoms with Crippen molar-refractivity contribution in [2.24, 2.45) is 0 Å². The molecule has 1 amide bonds. The SMILES string of the molecule is C=CCn1c(SCC(=O)Nc2ccc(C)c(Cl)c2)nc2nc(N(CC)CC)sc2c1=O. The van der Waals surface area contributed by atoms with Gasteiger partial charge in [0, 0.05) is 30.3 Å². The lowest BCUT2D eigenvalue weighted by molar-refractivity contribution is -0.113. The van der Waals surface area contributed by atoms with E-state index < -0.39 is 0 Å². The lowest BCUT2D eigenvalue weighted by Crippen LogP contribution is -2.23. The smallest absolute Gasteiger partial charge is 0.274 e. The number of nitrogens with zero attached hydrogens (tertiary/aromatic N) is 4. The first-order chi connectivity index (χ1) is 14.9. The van der Waals surface area contributed by atoms with Crippen molar-refractivity contribution in [2.75, 3.05) is 29.1 Å². The van der Waals surface area contributed by atoms with Crippen molar-refractivity contribution in [3.8, 4) is 0 Å². The maximum Gasteiger partial charge on any atom is 0.274 e. The Labute approximate surface area is 194 Å². The average Bonchev–Trinajstić information content (AvgIpc) is 3.16. The molecule has 0 aliphatic carbocycles. The molecule has 0 unspecified atom stereocenters. The number of aryl methyl sites for hydroxylation is 1. The molecule has 1 aromatic carbocycles. The highest BCUT2D eigenvalue weighted by molar-refractivity contribution is 7.99. The number of thioether (sulfide) groups is 1. The van der Waals surface area contributed by atoms with Crippen molar-refractivity contribution in [1.82, 2.24) is 14.5 Å². The molecule has 3 rings (SSSR count). The van der Waals surface area contributed by atoms with Crippen LogP contribution >= 0.6 is 34.7 Å². The van der Waals surface area contributed by atoms with Crippen molar-refractivity contribution >= 4 is 61.8 Å². The minimum Gasteiger partial charge on any atom is -0.349 e. The van der Waals surface area contributed by atoms with E-state index in [1.54, 1.807) is 18.2 Å². The number of halogens is 1. The normalized spacial score (nSPS) is 11.0. The standard InChI is InChI=1S/C21H24ClN5O2S2/c1-5-10-27-19(29)17-18(24-20(31-17)26(6-2)7-3)25-21(27)30-12-16(28)23-14-9-8-13(4)15(22)11-14/h5,8-9,11H,1,6-7,10,12H2,2-4H3,(H,23,28). The van der Waals surface area contributed by atoms with Crippen molar-refractivity contribution < 1.29 is 4.79 Å². The van der Waals surface area contributed by atoms with E-state index in [0.717, 1.165) is 23.8 Å². The van der Waals surface area contributed by atoms with Gasteiger partial charge in [0.15, 0.2) is 15.9 Å². The van der Waals surface area contributed by atoms with Gasteiger partial charge in [-0.15, -0.1) is 6.58 Å². The third-order valence-corrected chi connectivity index (χ3v) is 7.08. The van der Waals surface area contributed by atoms with Crippen LogP contribution in [0.1, 0.15) is 19.4 Å². The molecule has 2 heterocycles. The van der Waals surface area contributed by atoms with Crippen LogP contribution in [0.2, 0.25) is 5.02 Å². The maximum atomic E-state index is 13.1. The van der Waals surface area contributed by atoms with Gasteiger partial charge < -0.3 is 10.2 Å². The van der Waals surface area contributed by atoms with E-state index in [4.69, 9.17) is 11.6 Å². The number of benzene rings is 1. The van der Waals surface area contributed by atoms with Crippen molar-refractivity contribution in [1.29, 1.82) is 0 Å². The van der Waals surface area contributed by atoms with Gasteiger partial charge in [-0.2, -0.15) is 4.98 Å². The molecule has 0 aliphatic rings. The van der Waals surface area contributed by atoms with Gasteiger partial charge >= 0.3 is 0 Å². The fraction of sp³-hybridized carbons (Fsp3) is 0.333. The molecule has 1 N–H and O–H groups in total. The predicted octanol–water partition coefficient (Wildman–Crippen LogP) is 4.58. The van der Waals surface area contributed by atoms with E-state index in [1.807, 2.05) is 26.8 Å². The fourth-order valence-electron chi connectivity index (χ4n) is 2.90. The van der Waals surface area contributed by atoms with Crippen LogP contribution in [-0.2, 0) is 11.3 Å². The van der Waals surface area contributed by atoms with E-state index in [0.29, 0.717) is 32.8 Å². The van der Waals surface area contributed by atoms with Crippen LogP contribution in [0.3, 0.4) is 0 Å². The quantitative estimate of drug-likeness (QED) is 0.276. The zero-order valence-corrected chi connectivity index (χ0v) is 20.0. The van der Waals surface area contributed by atoms with Crippen LogP contribution in [-0.4, -0.2) is 39.3 Å². The molecule has 10 heteroatoms. The first-order valence-electron chi connectivity index (χ1n) is 9.83. The van der Waals surface area contributed by atoms with Gasteiger partial charge in [-0.25, -0.2) is 4.98 Å². The van der Waals surface area contributed by atoms with Crippen molar-refractivity contribution in [3.05, 3.63) is 51.8 Å². The summed E-state index contributed by atoms with van der Waals surface area (Å²) in [5.74, 6) is -0.125. The summed E-state index contributed by atoms with van der Waals surface area (Å²) < 4.78 is 2.03.